The molecule has 0 aromatic carbocycles. The first-order chi connectivity index (χ1) is 7.14. The van der Waals surface area contributed by atoms with Crippen LogP contribution in [0, 0.1) is 11.3 Å². The summed E-state index contributed by atoms with van der Waals surface area (Å²) in [6.07, 6.45) is 7.63. The van der Waals surface area contributed by atoms with Crippen LogP contribution in [0.4, 0.5) is 0 Å². The molecular formula is C12H23NO2. The van der Waals surface area contributed by atoms with Crippen molar-refractivity contribution in [3.63, 3.8) is 0 Å². The summed E-state index contributed by atoms with van der Waals surface area (Å²) in [6, 6.07) is 0. The van der Waals surface area contributed by atoms with E-state index in [4.69, 9.17) is 5.73 Å². The van der Waals surface area contributed by atoms with E-state index in [0.717, 1.165) is 6.42 Å². The molecule has 1 unspecified atom stereocenters. The Morgan fingerprint density at radius 3 is 2.40 bits per heavy atom. The number of aliphatic carboxylic acids is 1. The number of nitrogens with two attached hydrogens (primary N) is 1. The summed E-state index contributed by atoms with van der Waals surface area (Å²) in [6.45, 7) is 2.21. The SMILES string of the molecule is CCC(CN)(CC1CCCCC1)C(=O)O. The molecule has 0 heterocycles. The van der Waals surface area contributed by atoms with E-state index < -0.39 is 11.4 Å². The molecule has 0 aromatic rings. The summed E-state index contributed by atoms with van der Waals surface area (Å²) < 4.78 is 0. The molecule has 88 valence electrons. The van der Waals surface area contributed by atoms with Crippen LogP contribution in [0.2, 0.25) is 0 Å². The molecule has 1 saturated carbocycles. The van der Waals surface area contributed by atoms with Gasteiger partial charge in [0.15, 0.2) is 0 Å². The second kappa shape index (κ2) is 5.50. The summed E-state index contributed by atoms with van der Waals surface area (Å²) in [5.74, 6) is -0.128. The quantitative estimate of drug-likeness (QED) is 0.737. The Balaban J connectivity index is 2.60. The van der Waals surface area contributed by atoms with E-state index in [1.54, 1.807) is 0 Å². The molecule has 0 aromatic heterocycles. The van der Waals surface area contributed by atoms with Crippen LogP contribution >= 0.6 is 0 Å². The van der Waals surface area contributed by atoms with E-state index in [0.29, 0.717) is 12.3 Å². The van der Waals surface area contributed by atoms with Gasteiger partial charge in [0.2, 0.25) is 0 Å². The molecule has 3 nitrogen and oxygen atoms in total. The van der Waals surface area contributed by atoms with Gasteiger partial charge in [0.05, 0.1) is 5.41 Å². The number of carboxylic acid groups (broad SMARTS) is 1. The molecule has 3 heteroatoms. The van der Waals surface area contributed by atoms with E-state index in [1.165, 1.54) is 32.1 Å². The topological polar surface area (TPSA) is 63.3 Å². The lowest BCUT2D eigenvalue weighted by Gasteiger charge is -2.32. The van der Waals surface area contributed by atoms with Crippen molar-refractivity contribution < 1.29 is 9.90 Å². The first kappa shape index (κ1) is 12.5. The third kappa shape index (κ3) is 2.94. The van der Waals surface area contributed by atoms with E-state index >= 15 is 0 Å². The van der Waals surface area contributed by atoms with Crippen molar-refractivity contribution in [2.75, 3.05) is 6.54 Å². The van der Waals surface area contributed by atoms with Crippen molar-refractivity contribution in [2.45, 2.75) is 51.9 Å². The summed E-state index contributed by atoms with van der Waals surface area (Å²) in [7, 11) is 0. The summed E-state index contributed by atoms with van der Waals surface area (Å²) in [4.78, 5) is 11.3. The highest BCUT2D eigenvalue weighted by molar-refractivity contribution is 5.74. The first-order valence-electron chi connectivity index (χ1n) is 6.08. The predicted octanol–water partition coefficient (Wildman–Crippen LogP) is 2.40. The molecular weight excluding hydrogens is 190 g/mol. The van der Waals surface area contributed by atoms with Gasteiger partial charge in [0.1, 0.15) is 0 Å². The Hall–Kier alpha value is -0.570. The van der Waals surface area contributed by atoms with Gasteiger partial charge in [0, 0.05) is 6.54 Å². The lowest BCUT2D eigenvalue weighted by Crippen LogP contribution is -2.40. The molecule has 0 aliphatic heterocycles. The van der Waals surface area contributed by atoms with Crippen LogP contribution in [0.1, 0.15) is 51.9 Å². The second-order valence-corrected chi connectivity index (χ2v) is 4.85. The van der Waals surface area contributed by atoms with Crippen molar-refractivity contribution in [1.82, 2.24) is 0 Å². The fourth-order valence-corrected chi connectivity index (χ4v) is 2.64. The third-order valence-corrected chi connectivity index (χ3v) is 3.93. The Bertz CT molecular complexity index is 206. The zero-order valence-electron chi connectivity index (χ0n) is 9.67. The van der Waals surface area contributed by atoms with E-state index in [1.807, 2.05) is 6.92 Å². The van der Waals surface area contributed by atoms with Gasteiger partial charge in [0.25, 0.3) is 0 Å². The molecule has 1 fully saturated rings. The minimum atomic E-state index is -0.710. The smallest absolute Gasteiger partial charge is 0.310 e. The van der Waals surface area contributed by atoms with Crippen molar-refractivity contribution in [1.29, 1.82) is 0 Å². The van der Waals surface area contributed by atoms with Gasteiger partial charge in [-0.3, -0.25) is 4.79 Å². The standard InChI is InChI=1S/C12H23NO2/c1-2-12(9-13,11(14)15)8-10-6-4-3-5-7-10/h10H,2-9,13H2,1H3,(H,14,15). The average molecular weight is 213 g/mol. The maximum Gasteiger partial charge on any atom is 0.310 e. The maximum absolute atomic E-state index is 11.3. The predicted molar refractivity (Wildman–Crippen MR) is 60.6 cm³/mol. The third-order valence-electron chi connectivity index (χ3n) is 3.93. The molecule has 0 amide bonds. The molecule has 1 aliphatic carbocycles. The Kier molecular flexibility index (Phi) is 4.58. The van der Waals surface area contributed by atoms with Gasteiger partial charge >= 0.3 is 5.97 Å². The van der Waals surface area contributed by atoms with Gasteiger partial charge in [-0.15, -0.1) is 0 Å². The molecule has 0 saturated heterocycles. The molecule has 0 bridgehead atoms. The number of hydrogen-bond donors (Lipinski definition) is 2. The molecule has 1 aliphatic rings. The van der Waals surface area contributed by atoms with Crippen LogP contribution in [0.5, 0.6) is 0 Å². The minimum Gasteiger partial charge on any atom is -0.481 e. The lowest BCUT2D eigenvalue weighted by molar-refractivity contribution is -0.150. The average Bonchev–Trinajstić information content (AvgIpc) is 2.27. The Morgan fingerprint density at radius 2 is 2.00 bits per heavy atom. The van der Waals surface area contributed by atoms with Crippen LogP contribution in [-0.2, 0) is 4.79 Å². The Morgan fingerprint density at radius 1 is 1.40 bits per heavy atom. The number of carbonyl (C=O) groups is 1. The second-order valence-electron chi connectivity index (χ2n) is 4.85. The van der Waals surface area contributed by atoms with Crippen LogP contribution in [-0.4, -0.2) is 17.6 Å². The van der Waals surface area contributed by atoms with Crippen molar-refractivity contribution in [3.05, 3.63) is 0 Å². The van der Waals surface area contributed by atoms with Crippen molar-refractivity contribution in [3.8, 4) is 0 Å². The van der Waals surface area contributed by atoms with Crippen molar-refractivity contribution in [2.24, 2.45) is 17.1 Å². The number of carboxylic acids is 1. The van der Waals surface area contributed by atoms with E-state index in [9.17, 15) is 9.90 Å². The van der Waals surface area contributed by atoms with Gasteiger partial charge in [-0.1, -0.05) is 39.0 Å². The summed E-state index contributed by atoms with van der Waals surface area (Å²) in [5, 5.41) is 9.27. The highest BCUT2D eigenvalue weighted by atomic mass is 16.4. The highest BCUT2D eigenvalue weighted by Crippen LogP contribution is 2.36. The molecule has 15 heavy (non-hydrogen) atoms. The van der Waals surface area contributed by atoms with E-state index in [2.05, 4.69) is 0 Å². The fraction of sp³-hybridized carbons (Fsp3) is 0.917. The zero-order valence-corrected chi connectivity index (χ0v) is 9.67. The van der Waals surface area contributed by atoms with E-state index in [-0.39, 0.29) is 6.54 Å². The van der Waals surface area contributed by atoms with Crippen LogP contribution in [0.3, 0.4) is 0 Å². The Labute approximate surface area is 92.0 Å². The minimum absolute atomic E-state index is 0.273. The largest absolute Gasteiger partial charge is 0.481 e. The maximum atomic E-state index is 11.3. The lowest BCUT2D eigenvalue weighted by atomic mass is 9.73. The monoisotopic (exact) mass is 213 g/mol. The molecule has 1 rings (SSSR count). The van der Waals surface area contributed by atoms with Crippen LogP contribution in [0.25, 0.3) is 0 Å². The summed E-state index contributed by atoms with van der Waals surface area (Å²) >= 11 is 0. The number of hydrogen-bond acceptors (Lipinski definition) is 2. The van der Waals surface area contributed by atoms with Crippen LogP contribution in [0.15, 0.2) is 0 Å². The number of rotatable bonds is 5. The van der Waals surface area contributed by atoms with Crippen LogP contribution < -0.4 is 5.73 Å². The van der Waals surface area contributed by atoms with Gasteiger partial charge in [-0.25, -0.2) is 0 Å². The normalized spacial score (nSPS) is 22.3. The molecule has 0 spiro atoms. The molecule has 3 N–H and O–H groups in total. The molecule has 1 atom stereocenters. The first-order valence-corrected chi connectivity index (χ1v) is 6.08. The van der Waals surface area contributed by atoms with Gasteiger partial charge in [-0.05, 0) is 18.8 Å². The van der Waals surface area contributed by atoms with Crippen molar-refractivity contribution >= 4 is 5.97 Å². The molecule has 0 radical (unpaired) electrons. The zero-order chi connectivity index (χ0) is 11.3. The van der Waals surface area contributed by atoms with Gasteiger partial charge < -0.3 is 10.8 Å². The summed E-state index contributed by atoms with van der Waals surface area (Å²) in [5.41, 5.74) is 4.99. The highest BCUT2D eigenvalue weighted by Gasteiger charge is 2.37. The van der Waals surface area contributed by atoms with Gasteiger partial charge in [-0.2, -0.15) is 0 Å². The fourth-order valence-electron chi connectivity index (χ4n) is 2.64.